The first-order chi connectivity index (χ1) is 10.0. The third-order valence-electron chi connectivity index (χ3n) is 3.66. The maximum atomic E-state index is 10.9. The molecule has 1 aliphatic heterocycles. The lowest BCUT2D eigenvalue weighted by Crippen LogP contribution is -2.39. The number of rotatable bonds is 4. The van der Waals surface area contributed by atoms with Crippen LogP contribution in [0.5, 0.6) is 0 Å². The Kier molecular flexibility index (Phi) is 5.09. The van der Waals surface area contributed by atoms with E-state index in [2.05, 4.69) is 37.2 Å². The number of aromatic nitrogens is 1. The number of nitrogens with zero attached hydrogens (tertiary/aromatic N) is 4. The predicted octanol–water partition coefficient (Wildman–Crippen LogP) is 2.46. The third-order valence-corrected chi connectivity index (χ3v) is 4.63. The van der Waals surface area contributed by atoms with Crippen molar-refractivity contribution in [2.45, 2.75) is 25.8 Å². The lowest BCUT2D eigenvalue weighted by atomic mass is 10.1. The highest BCUT2D eigenvalue weighted by Gasteiger charge is 2.22. The minimum atomic E-state index is -0.433. The van der Waals surface area contributed by atoms with Crippen molar-refractivity contribution in [3.63, 3.8) is 0 Å². The zero-order valence-electron chi connectivity index (χ0n) is 11.7. The minimum Gasteiger partial charge on any atom is -0.366 e. The molecule has 0 atom stereocenters. The number of anilines is 1. The highest BCUT2D eigenvalue weighted by Crippen LogP contribution is 2.31. The standard InChI is InChI=1S/C13H16BrN5O2/c1-9-11(19(20)21)8-16-13(12(9)14)17-10-2-5-18(6-3-10)7-4-15/h8,10H,2-3,5-7H2,1H3,(H,16,17). The third kappa shape index (κ3) is 3.68. The van der Waals surface area contributed by atoms with Gasteiger partial charge in [0.1, 0.15) is 12.0 Å². The fourth-order valence-electron chi connectivity index (χ4n) is 2.38. The maximum Gasteiger partial charge on any atom is 0.291 e. The van der Waals surface area contributed by atoms with Gasteiger partial charge in [-0.1, -0.05) is 0 Å². The van der Waals surface area contributed by atoms with E-state index in [9.17, 15) is 10.1 Å². The Morgan fingerprint density at radius 1 is 1.62 bits per heavy atom. The van der Waals surface area contributed by atoms with Gasteiger partial charge >= 0.3 is 0 Å². The molecule has 112 valence electrons. The topological polar surface area (TPSA) is 95.1 Å². The van der Waals surface area contributed by atoms with Crippen molar-refractivity contribution in [3.8, 4) is 6.07 Å². The van der Waals surface area contributed by atoms with Crippen molar-refractivity contribution in [1.82, 2.24) is 9.88 Å². The summed E-state index contributed by atoms with van der Waals surface area (Å²) in [7, 11) is 0. The Bertz CT molecular complexity index is 579. The van der Waals surface area contributed by atoms with Crippen LogP contribution in [-0.4, -0.2) is 40.5 Å². The van der Waals surface area contributed by atoms with Gasteiger partial charge in [0.05, 0.1) is 22.0 Å². The number of halogens is 1. The molecule has 0 bridgehead atoms. The van der Waals surface area contributed by atoms with Crippen LogP contribution in [0.3, 0.4) is 0 Å². The molecule has 1 N–H and O–H groups in total. The molecule has 1 fully saturated rings. The van der Waals surface area contributed by atoms with Gasteiger partial charge in [0.2, 0.25) is 0 Å². The molecule has 1 aliphatic rings. The molecule has 8 heteroatoms. The number of hydrogen-bond donors (Lipinski definition) is 1. The summed E-state index contributed by atoms with van der Waals surface area (Å²) in [6.07, 6.45) is 3.13. The van der Waals surface area contributed by atoms with E-state index in [0.29, 0.717) is 22.4 Å². The number of hydrogen-bond acceptors (Lipinski definition) is 6. The molecule has 0 unspecified atom stereocenters. The van der Waals surface area contributed by atoms with E-state index >= 15 is 0 Å². The summed E-state index contributed by atoms with van der Waals surface area (Å²) in [5.74, 6) is 0.636. The molecule has 2 rings (SSSR count). The second-order valence-corrected chi connectivity index (χ2v) is 5.83. The molecule has 1 saturated heterocycles. The number of piperidine rings is 1. The second kappa shape index (κ2) is 6.83. The van der Waals surface area contributed by atoms with Gasteiger partial charge in [-0.25, -0.2) is 4.98 Å². The van der Waals surface area contributed by atoms with Crippen LogP contribution in [0.15, 0.2) is 10.7 Å². The van der Waals surface area contributed by atoms with Gasteiger partial charge < -0.3 is 5.32 Å². The predicted molar refractivity (Wildman–Crippen MR) is 82.0 cm³/mol. The molecular formula is C13H16BrN5O2. The summed E-state index contributed by atoms with van der Waals surface area (Å²) in [5, 5.41) is 22.9. The smallest absolute Gasteiger partial charge is 0.291 e. The molecular weight excluding hydrogens is 338 g/mol. The first kappa shape index (κ1) is 15.7. The highest BCUT2D eigenvalue weighted by atomic mass is 79.9. The van der Waals surface area contributed by atoms with Crippen LogP contribution >= 0.6 is 15.9 Å². The summed E-state index contributed by atoms with van der Waals surface area (Å²) in [5.41, 5.74) is 0.579. The Morgan fingerprint density at radius 2 is 2.29 bits per heavy atom. The quantitative estimate of drug-likeness (QED) is 0.507. The van der Waals surface area contributed by atoms with Crippen molar-refractivity contribution in [1.29, 1.82) is 5.26 Å². The van der Waals surface area contributed by atoms with Gasteiger partial charge in [-0.05, 0) is 35.7 Å². The molecule has 0 saturated carbocycles. The van der Waals surface area contributed by atoms with E-state index in [-0.39, 0.29) is 11.7 Å². The molecule has 0 aromatic carbocycles. The van der Waals surface area contributed by atoms with Crippen LogP contribution < -0.4 is 5.32 Å². The van der Waals surface area contributed by atoms with Crippen LogP contribution in [0.4, 0.5) is 11.5 Å². The maximum absolute atomic E-state index is 10.9. The van der Waals surface area contributed by atoms with E-state index in [1.165, 1.54) is 6.20 Å². The van der Waals surface area contributed by atoms with Gasteiger partial charge in [0, 0.05) is 24.7 Å². The molecule has 0 radical (unpaired) electrons. The van der Waals surface area contributed by atoms with Crippen molar-refractivity contribution in [2.24, 2.45) is 0 Å². The second-order valence-electron chi connectivity index (χ2n) is 5.04. The van der Waals surface area contributed by atoms with Crippen molar-refractivity contribution < 1.29 is 4.92 Å². The van der Waals surface area contributed by atoms with E-state index in [1.807, 2.05) is 0 Å². The van der Waals surface area contributed by atoms with Gasteiger partial charge in [0.25, 0.3) is 5.69 Å². The van der Waals surface area contributed by atoms with Gasteiger partial charge in [-0.2, -0.15) is 5.26 Å². The fraction of sp³-hybridized carbons (Fsp3) is 0.538. The Labute approximate surface area is 131 Å². The average Bonchev–Trinajstić information content (AvgIpc) is 2.46. The van der Waals surface area contributed by atoms with Crippen LogP contribution in [0.25, 0.3) is 0 Å². The van der Waals surface area contributed by atoms with Crippen LogP contribution in [0, 0.1) is 28.4 Å². The number of pyridine rings is 1. The highest BCUT2D eigenvalue weighted by molar-refractivity contribution is 9.10. The van der Waals surface area contributed by atoms with Gasteiger partial charge in [-0.3, -0.25) is 15.0 Å². The SMILES string of the molecule is Cc1c([N+](=O)[O-])cnc(NC2CCN(CC#N)CC2)c1Br. The van der Waals surface area contributed by atoms with E-state index in [0.717, 1.165) is 25.9 Å². The summed E-state index contributed by atoms with van der Waals surface area (Å²) in [6, 6.07) is 2.43. The van der Waals surface area contributed by atoms with Crippen LogP contribution in [0.1, 0.15) is 18.4 Å². The zero-order valence-corrected chi connectivity index (χ0v) is 13.3. The first-order valence-corrected chi connectivity index (χ1v) is 7.47. The van der Waals surface area contributed by atoms with Gasteiger partial charge in [-0.15, -0.1) is 0 Å². The van der Waals surface area contributed by atoms with E-state index in [1.54, 1.807) is 6.92 Å². The molecule has 0 amide bonds. The minimum absolute atomic E-state index is 0.0104. The lowest BCUT2D eigenvalue weighted by Gasteiger charge is -2.31. The first-order valence-electron chi connectivity index (χ1n) is 6.68. The van der Waals surface area contributed by atoms with Crippen molar-refractivity contribution in [3.05, 3.63) is 26.3 Å². The van der Waals surface area contributed by atoms with Crippen molar-refractivity contribution in [2.75, 3.05) is 25.0 Å². The fourth-order valence-corrected chi connectivity index (χ4v) is 2.80. The van der Waals surface area contributed by atoms with E-state index < -0.39 is 4.92 Å². The molecule has 7 nitrogen and oxygen atoms in total. The summed E-state index contributed by atoms with van der Waals surface area (Å²) in [4.78, 5) is 16.7. The lowest BCUT2D eigenvalue weighted by molar-refractivity contribution is -0.385. The Balaban J connectivity index is 2.03. The summed E-state index contributed by atoms with van der Waals surface area (Å²) in [6.45, 7) is 3.90. The normalized spacial score (nSPS) is 16.4. The monoisotopic (exact) mass is 353 g/mol. The van der Waals surface area contributed by atoms with Crippen LogP contribution in [0.2, 0.25) is 0 Å². The molecule has 21 heavy (non-hydrogen) atoms. The number of nitrogens with one attached hydrogen (secondary N) is 1. The molecule has 0 aliphatic carbocycles. The average molecular weight is 354 g/mol. The van der Waals surface area contributed by atoms with E-state index in [4.69, 9.17) is 5.26 Å². The Hall–Kier alpha value is -1.72. The van der Waals surface area contributed by atoms with Crippen molar-refractivity contribution >= 4 is 27.4 Å². The molecule has 1 aromatic heterocycles. The molecule has 0 spiro atoms. The molecule has 2 heterocycles. The van der Waals surface area contributed by atoms with Gasteiger partial charge in [0.15, 0.2) is 0 Å². The summed E-state index contributed by atoms with van der Waals surface area (Å²) >= 11 is 3.38. The number of nitriles is 1. The number of nitro groups is 1. The summed E-state index contributed by atoms with van der Waals surface area (Å²) < 4.78 is 0.635. The zero-order chi connectivity index (χ0) is 15.4. The largest absolute Gasteiger partial charge is 0.366 e. The molecule has 1 aromatic rings. The van der Waals surface area contributed by atoms with Crippen LogP contribution in [-0.2, 0) is 0 Å². The number of likely N-dealkylation sites (tertiary alicyclic amines) is 1. The Morgan fingerprint density at radius 3 is 2.86 bits per heavy atom.